The normalized spacial score (nSPS) is 17.6. The largest absolute Gasteiger partial charge is 0.493 e. The second-order valence-electron chi connectivity index (χ2n) is 9.60. The second kappa shape index (κ2) is 11.1. The lowest BCUT2D eigenvalue weighted by molar-refractivity contribution is -0.119. The number of nitrogens with one attached hydrogen (secondary N) is 1. The molecule has 1 N–H and O–H groups in total. The Bertz CT molecular complexity index is 1370. The van der Waals surface area contributed by atoms with Crippen molar-refractivity contribution in [3.8, 4) is 11.5 Å². The molecule has 0 radical (unpaired) electrons. The number of hydrogen-bond acceptors (Lipinski definition) is 6. The van der Waals surface area contributed by atoms with E-state index in [-0.39, 0.29) is 24.1 Å². The highest BCUT2D eigenvalue weighted by Gasteiger charge is 2.42. The number of carbonyl (C=O) groups is 3. The fraction of sp³-hybridized carbons (Fsp3) is 0.345. The van der Waals surface area contributed by atoms with Crippen LogP contribution < -0.4 is 14.8 Å². The monoisotopic (exact) mass is 647 g/mol. The number of anilines is 1. The van der Waals surface area contributed by atoms with Gasteiger partial charge in [-0.3, -0.25) is 14.4 Å². The number of Topliss-reactive ketones (excluding diaryl/α,β-unsaturated/α-hetero) is 2. The summed E-state index contributed by atoms with van der Waals surface area (Å²) in [6, 6.07) is 8.98. The van der Waals surface area contributed by atoms with Crippen molar-refractivity contribution < 1.29 is 28.6 Å². The molecule has 38 heavy (non-hydrogen) atoms. The van der Waals surface area contributed by atoms with Gasteiger partial charge in [0.15, 0.2) is 29.7 Å². The molecule has 3 aliphatic rings. The number of rotatable bonds is 6. The smallest absolute Gasteiger partial charge is 0.262 e. The Hall–Kier alpha value is -2.85. The van der Waals surface area contributed by atoms with Gasteiger partial charge < -0.3 is 19.5 Å². The highest BCUT2D eigenvalue weighted by Crippen LogP contribution is 2.49. The molecule has 0 atom stereocenters. The minimum absolute atomic E-state index is 0.0170. The Morgan fingerprint density at radius 1 is 1.05 bits per heavy atom. The first kappa shape index (κ1) is 26.7. The average Bonchev–Trinajstić information content (AvgIpc) is 2.89. The third-order valence-corrected chi connectivity index (χ3v) is 8.24. The van der Waals surface area contributed by atoms with E-state index in [0.29, 0.717) is 74.1 Å². The minimum atomic E-state index is -0.500. The van der Waals surface area contributed by atoms with Gasteiger partial charge in [-0.15, -0.1) is 0 Å². The van der Waals surface area contributed by atoms with Gasteiger partial charge in [0.25, 0.3) is 5.91 Å². The zero-order valence-electron chi connectivity index (χ0n) is 21.1. The predicted octanol–water partition coefficient (Wildman–Crippen LogP) is 6.41. The fourth-order valence-corrected chi connectivity index (χ4v) is 6.16. The van der Waals surface area contributed by atoms with Crippen molar-refractivity contribution in [3.05, 3.63) is 72.7 Å². The van der Waals surface area contributed by atoms with E-state index in [0.717, 1.165) is 24.0 Å². The molecule has 0 fully saturated rings. The van der Waals surface area contributed by atoms with Crippen LogP contribution in [0.15, 0.2) is 53.0 Å². The fourth-order valence-electron chi connectivity index (χ4n) is 5.20. The molecule has 0 unspecified atom stereocenters. The van der Waals surface area contributed by atoms with E-state index in [2.05, 4.69) is 27.9 Å². The Morgan fingerprint density at radius 2 is 1.71 bits per heavy atom. The van der Waals surface area contributed by atoms with Crippen LogP contribution in [0.1, 0.15) is 55.6 Å². The maximum absolute atomic E-state index is 13.1. The van der Waals surface area contributed by atoms with E-state index in [4.69, 9.17) is 25.8 Å². The number of allylic oxidation sites excluding steroid dienone is 4. The third-order valence-electron chi connectivity index (χ3n) is 7.03. The van der Waals surface area contributed by atoms with Gasteiger partial charge >= 0.3 is 0 Å². The van der Waals surface area contributed by atoms with Gasteiger partial charge in [-0.05, 0) is 77.7 Å². The molecule has 2 aliphatic carbocycles. The summed E-state index contributed by atoms with van der Waals surface area (Å²) in [6.45, 7) is 1.65. The van der Waals surface area contributed by atoms with Gasteiger partial charge in [0.2, 0.25) is 0 Å². The molecule has 1 amide bonds. The maximum atomic E-state index is 13.1. The van der Waals surface area contributed by atoms with Crippen LogP contribution in [0.3, 0.4) is 0 Å². The lowest BCUT2D eigenvalue weighted by atomic mass is 9.73. The number of hydrogen-bond donors (Lipinski definition) is 1. The number of carbonyl (C=O) groups excluding carboxylic acids is 3. The van der Waals surface area contributed by atoms with Gasteiger partial charge in [-0.1, -0.05) is 17.7 Å². The number of ether oxygens (including phenoxy) is 3. The number of halogens is 2. The van der Waals surface area contributed by atoms with Crippen LogP contribution in [0, 0.1) is 10.5 Å². The summed E-state index contributed by atoms with van der Waals surface area (Å²) in [5, 5.41) is 3.34. The Balaban J connectivity index is 1.44. The number of aryl methyl sites for hydroxylation is 1. The van der Waals surface area contributed by atoms with E-state index in [9.17, 15) is 14.4 Å². The summed E-state index contributed by atoms with van der Waals surface area (Å²) in [5.41, 5.74) is 3.42. The van der Waals surface area contributed by atoms with Crippen LogP contribution in [0.4, 0.5) is 5.69 Å². The average molecular weight is 648 g/mol. The molecular weight excluding hydrogens is 621 g/mol. The van der Waals surface area contributed by atoms with Crippen molar-refractivity contribution in [2.45, 2.75) is 51.4 Å². The summed E-state index contributed by atoms with van der Waals surface area (Å²) in [6.07, 6.45) is 3.72. The molecule has 7 nitrogen and oxygen atoms in total. The van der Waals surface area contributed by atoms with Crippen LogP contribution in [0.25, 0.3) is 0 Å². The molecule has 2 aromatic rings. The minimum Gasteiger partial charge on any atom is -0.493 e. The standard InChI is InChI=1S/C29H27ClINO6/c1-15-9-10-17(13-18(15)30)32-25(35)14-37-29-19(31)11-16(12-24(29)36-2)26-27-20(33)5-3-7-22(27)38-23-8-4-6-21(34)28(23)26/h9-13,26H,3-8,14H2,1-2H3,(H,32,35). The molecule has 0 saturated heterocycles. The molecule has 0 saturated carbocycles. The summed E-state index contributed by atoms with van der Waals surface area (Å²) in [7, 11) is 1.52. The first-order valence-electron chi connectivity index (χ1n) is 12.5. The van der Waals surface area contributed by atoms with Crippen LogP contribution in [0.2, 0.25) is 5.02 Å². The Labute approximate surface area is 239 Å². The lowest BCUT2D eigenvalue weighted by Crippen LogP contribution is -2.30. The quantitative estimate of drug-likeness (QED) is 0.365. The first-order valence-corrected chi connectivity index (χ1v) is 14.0. The SMILES string of the molecule is COc1cc(C2C3=C(CCCC3=O)OC3=C2C(=O)CCC3)cc(I)c1OCC(=O)Nc1ccc(C)c(Cl)c1. The van der Waals surface area contributed by atoms with E-state index < -0.39 is 5.92 Å². The molecule has 198 valence electrons. The molecule has 1 aliphatic heterocycles. The zero-order chi connectivity index (χ0) is 27.0. The van der Waals surface area contributed by atoms with E-state index in [1.807, 2.05) is 19.1 Å². The molecule has 2 aromatic carbocycles. The molecule has 1 heterocycles. The number of benzene rings is 2. The number of amides is 1. The summed E-state index contributed by atoms with van der Waals surface area (Å²) in [5.74, 6) is 1.38. The van der Waals surface area contributed by atoms with Gasteiger partial charge in [0.05, 0.1) is 10.7 Å². The summed E-state index contributed by atoms with van der Waals surface area (Å²) < 4.78 is 18.4. The van der Waals surface area contributed by atoms with Crippen molar-refractivity contribution in [2.75, 3.05) is 19.0 Å². The Kier molecular flexibility index (Phi) is 7.81. The van der Waals surface area contributed by atoms with Crippen molar-refractivity contribution in [2.24, 2.45) is 0 Å². The van der Waals surface area contributed by atoms with Crippen LogP contribution in [-0.4, -0.2) is 31.2 Å². The van der Waals surface area contributed by atoms with Crippen molar-refractivity contribution in [1.29, 1.82) is 0 Å². The topological polar surface area (TPSA) is 90.9 Å². The van der Waals surface area contributed by atoms with Gasteiger partial charge in [-0.2, -0.15) is 0 Å². The number of methoxy groups -OCH3 is 1. The Morgan fingerprint density at radius 3 is 2.32 bits per heavy atom. The van der Waals surface area contributed by atoms with E-state index in [1.54, 1.807) is 18.2 Å². The molecule has 0 bridgehead atoms. The van der Waals surface area contributed by atoms with E-state index >= 15 is 0 Å². The van der Waals surface area contributed by atoms with Crippen molar-refractivity contribution in [3.63, 3.8) is 0 Å². The highest BCUT2D eigenvalue weighted by atomic mass is 127. The molecule has 5 rings (SSSR count). The molecule has 9 heteroatoms. The van der Waals surface area contributed by atoms with Crippen molar-refractivity contribution >= 4 is 57.4 Å². The second-order valence-corrected chi connectivity index (χ2v) is 11.2. The van der Waals surface area contributed by atoms with Gasteiger partial charge in [-0.25, -0.2) is 0 Å². The zero-order valence-corrected chi connectivity index (χ0v) is 24.0. The van der Waals surface area contributed by atoms with E-state index in [1.165, 1.54) is 7.11 Å². The van der Waals surface area contributed by atoms with Crippen LogP contribution in [-0.2, 0) is 19.1 Å². The third kappa shape index (κ3) is 5.20. The highest BCUT2D eigenvalue weighted by molar-refractivity contribution is 14.1. The molecular formula is C29H27ClINO6. The maximum Gasteiger partial charge on any atom is 0.262 e. The number of ketones is 2. The lowest BCUT2D eigenvalue weighted by Gasteiger charge is -2.36. The van der Waals surface area contributed by atoms with Gasteiger partial charge in [0.1, 0.15) is 11.5 Å². The predicted molar refractivity (Wildman–Crippen MR) is 152 cm³/mol. The van der Waals surface area contributed by atoms with Crippen LogP contribution in [0.5, 0.6) is 11.5 Å². The summed E-state index contributed by atoms with van der Waals surface area (Å²) in [4.78, 5) is 38.7. The van der Waals surface area contributed by atoms with Crippen molar-refractivity contribution in [1.82, 2.24) is 0 Å². The molecule has 0 aromatic heterocycles. The summed E-state index contributed by atoms with van der Waals surface area (Å²) >= 11 is 8.28. The van der Waals surface area contributed by atoms with Gasteiger partial charge in [0, 0.05) is 53.5 Å². The first-order chi connectivity index (χ1) is 18.3. The van der Waals surface area contributed by atoms with Crippen LogP contribution >= 0.6 is 34.2 Å². The molecule has 0 spiro atoms.